The van der Waals surface area contributed by atoms with Crippen LogP contribution in [0.15, 0.2) is 12.2 Å². The summed E-state index contributed by atoms with van der Waals surface area (Å²) < 4.78 is 0. The number of amides is 1. The Labute approximate surface area is 94.9 Å². The fourth-order valence-electron chi connectivity index (χ4n) is 1.99. The maximum Gasteiger partial charge on any atom is 0.308 e. The molecule has 4 heteroatoms. The highest BCUT2D eigenvalue weighted by molar-refractivity contribution is 5.88. The van der Waals surface area contributed by atoms with Crippen LogP contribution in [-0.2, 0) is 9.59 Å². The number of carboxylic acid groups (broad SMARTS) is 1. The lowest BCUT2D eigenvalue weighted by molar-refractivity contribution is -0.144. The summed E-state index contributed by atoms with van der Waals surface area (Å²) in [6.45, 7) is 1.06. The van der Waals surface area contributed by atoms with E-state index in [0.29, 0.717) is 25.4 Å². The van der Waals surface area contributed by atoms with Crippen LogP contribution in [0.5, 0.6) is 0 Å². The summed E-state index contributed by atoms with van der Waals surface area (Å²) in [4.78, 5) is 24.2. The molecule has 0 spiro atoms. The van der Waals surface area contributed by atoms with Gasteiger partial charge in [-0.05, 0) is 37.7 Å². The fourth-order valence-corrected chi connectivity index (χ4v) is 1.99. The number of carbonyl (C=O) groups is 2. The molecule has 1 heterocycles. The van der Waals surface area contributed by atoms with E-state index in [1.54, 1.807) is 11.0 Å². The zero-order chi connectivity index (χ0) is 11.5. The van der Waals surface area contributed by atoms with Gasteiger partial charge in [-0.15, -0.1) is 0 Å². The summed E-state index contributed by atoms with van der Waals surface area (Å²) >= 11 is 0. The van der Waals surface area contributed by atoms with Crippen molar-refractivity contribution < 1.29 is 14.7 Å². The minimum absolute atomic E-state index is 0.0298. The molecule has 1 aliphatic heterocycles. The normalized spacial score (nSPS) is 26.0. The second-order valence-corrected chi connectivity index (χ2v) is 4.66. The summed E-state index contributed by atoms with van der Waals surface area (Å²) in [6.07, 6.45) is 7.41. The van der Waals surface area contributed by atoms with E-state index in [0.717, 1.165) is 6.42 Å². The second kappa shape index (κ2) is 4.68. The van der Waals surface area contributed by atoms with E-state index in [9.17, 15) is 9.59 Å². The third kappa shape index (κ3) is 2.84. The van der Waals surface area contributed by atoms with Crippen molar-refractivity contribution in [3.8, 4) is 0 Å². The summed E-state index contributed by atoms with van der Waals surface area (Å²) in [7, 11) is 0. The number of allylic oxidation sites excluding steroid dienone is 1. The van der Waals surface area contributed by atoms with Crippen LogP contribution >= 0.6 is 0 Å². The maximum absolute atomic E-state index is 11.7. The molecule has 0 bridgehead atoms. The highest BCUT2D eigenvalue weighted by Crippen LogP contribution is 2.30. The largest absolute Gasteiger partial charge is 0.481 e. The van der Waals surface area contributed by atoms with Gasteiger partial charge in [-0.2, -0.15) is 0 Å². The topological polar surface area (TPSA) is 57.6 Å². The van der Waals surface area contributed by atoms with Crippen molar-refractivity contribution in [2.75, 3.05) is 13.1 Å². The van der Waals surface area contributed by atoms with Crippen LogP contribution in [-0.4, -0.2) is 35.0 Å². The number of aliphatic carboxylic acids is 1. The van der Waals surface area contributed by atoms with Gasteiger partial charge in [-0.25, -0.2) is 0 Å². The predicted molar refractivity (Wildman–Crippen MR) is 58.8 cm³/mol. The van der Waals surface area contributed by atoms with Crippen molar-refractivity contribution in [3.05, 3.63) is 12.2 Å². The molecule has 1 saturated carbocycles. The number of hydrogen-bond acceptors (Lipinski definition) is 2. The Kier molecular flexibility index (Phi) is 3.27. The first-order valence-electron chi connectivity index (χ1n) is 5.86. The average molecular weight is 223 g/mol. The van der Waals surface area contributed by atoms with Crippen molar-refractivity contribution in [1.82, 2.24) is 4.90 Å². The van der Waals surface area contributed by atoms with E-state index >= 15 is 0 Å². The monoisotopic (exact) mass is 223 g/mol. The molecular formula is C12H17NO3. The smallest absolute Gasteiger partial charge is 0.308 e. The van der Waals surface area contributed by atoms with Gasteiger partial charge in [0.05, 0.1) is 5.92 Å². The number of likely N-dealkylation sites (tertiary alicyclic amines) is 1. The van der Waals surface area contributed by atoms with Gasteiger partial charge >= 0.3 is 5.97 Å². The molecule has 1 atom stereocenters. The molecule has 0 unspecified atom stereocenters. The van der Waals surface area contributed by atoms with E-state index in [2.05, 4.69) is 0 Å². The van der Waals surface area contributed by atoms with Gasteiger partial charge in [0.25, 0.3) is 0 Å². The number of carboxylic acids is 1. The predicted octanol–water partition coefficient (Wildman–Crippen LogP) is 1.28. The van der Waals surface area contributed by atoms with Crippen molar-refractivity contribution in [3.63, 3.8) is 0 Å². The van der Waals surface area contributed by atoms with Gasteiger partial charge in [0, 0.05) is 13.1 Å². The lowest BCUT2D eigenvalue weighted by atomic mass is 9.98. The lowest BCUT2D eigenvalue weighted by Gasteiger charge is -2.29. The molecule has 0 radical (unpaired) electrons. The van der Waals surface area contributed by atoms with E-state index in [4.69, 9.17) is 5.11 Å². The third-order valence-electron chi connectivity index (χ3n) is 3.22. The van der Waals surface area contributed by atoms with Crippen LogP contribution in [0.25, 0.3) is 0 Å². The van der Waals surface area contributed by atoms with E-state index in [1.165, 1.54) is 12.8 Å². The van der Waals surface area contributed by atoms with Crippen LogP contribution in [0.4, 0.5) is 0 Å². The molecule has 1 saturated heterocycles. The van der Waals surface area contributed by atoms with Gasteiger partial charge in [-0.1, -0.05) is 6.08 Å². The number of carbonyl (C=O) groups excluding carboxylic acids is 1. The molecule has 0 aromatic carbocycles. The first-order chi connectivity index (χ1) is 7.66. The molecule has 1 amide bonds. The third-order valence-corrected chi connectivity index (χ3v) is 3.22. The second-order valence-electron chi connectivity index (χ2n) is 4.66. The Morgan fingerprint density at radius 2 is 2.00 bits per heavy atom. The van der Waals surface area contributed by atoms with Crippen molar-refractivity contribution >= 4 is 11.9 Å². The van der Waals surface area contributed by atoms with Gasteiger partial charge < -0.3 is 10.0 Å². The first kappa shape index (κ1) is 11.2. The SMILES string of the molecule is O=C(O)[C@H]1CCCN(C(=O)/C=C/C2CC2)C1. The van der Waals surface area contributed by atoms with Crippen LogP contribution < -0.4 is 0 Å². The summed E-state index contributed by atoms with van der Waals surface area (Å²) in [5, 5.41) is 8.91. The van der Waals surface area contributed by atoms with Gasteiger partial charge in [0.2, 0.25) is 5.91 Å². The minimum atomic E-state index is -0.788. The number of rotatable bonds is 3. The van der Waals surface area contributed by atoms with Gasteiger partial charge in [0.15, 0.2) is 0 Å². The van der Waals surface area contributed by atoms with Gasteiger partial charge in [-0.3, -0.25) is 9.59 Å². The Morgan fingerprint density at radius 3 is 2.62 bits per heavy atom. The van der Waals surface area contributed by atoms with Crippen LogP contribution in [0, 0.1) is 11.8 Å². The Morgan fingerprint density at radius 1 is 1.25 bits per heavy atom. The Balaban J connectivity index is 1.87. The van der Waals surface area contributed by atoms with E-state index in [-0.39, 0.29) is 11.8 Å². The zero-order valence-electron chi connectivity index (χ0n) is 9.26. The molecule has 4 nitrogen and oxygen atoms in total. The summed E-state index contributed by atoms with van der Waals surface area (Å²) in [5.74, 6) is -0.613. The van der Waals surface area contributed by atoms with Crippen LogP contribution in [0.1, 0.15) is 25.7 Å². The molecule has 16 heavy (non-hydrogen) atoms. The Bertz CT molecular complexity index is 320. The van der Waals surface area contributed by atoms with Crippen molar-refractivity contribution in [2.24, 2.45) is 11.8 Å². The van der Waals surface area contributed by atoms with E-state index in [1.807, 2.05) is 6.08 Å². The first-order valence-corrected chi connectivity index (χ1v) is 5.86. The molecule has 1 N–H and O–H groups in total. The minimum Gasteiger partial charge on any atom is -0.481 e. The van der Waals surface area contributed by atoms with Crippen molar-refractivity contribution in [2.45, 2.75) is 25.7 Å². The maximum atomic E-state index is 11.7. The zero-order valence-corrected chi connectivity index (χ0v) is 9.26. The summed E-state index contributed by atoms with van der Waals surface area (Å²) in [6, 6.07) is 0. The molecule has 88 valence electrons. The fraction of sp³-hybridized carbons (Fsp3) is 0.667. The van der Waals surface area contributed by atoms with Crippen molar-refractivity contribution in [1.29, 1.82) is 0 Å². The van der Waals surface area contributed by atoms with E-state index < -0.39 is 5.97 Å². The Hall–Kier alpha value is -1.32. The summed E-state index contributed by atoms with van der Waals surface area (Å²) in [5.41, 5.74) is 0. The molecule has 2 rings (SSSR count). The highest BCUT2D eigenvalue weighted by Gasteiger charge is 2.27. The number of nitrogens with zero attached hydrogens (tertiary/aromatic N) is 1. The molecular weight excluding hydrogens is 206 g/mol. The highest BCUT2D eigenvalue weighted by atomic mass is 16.4. The molecule has 1 aliphatic carbocycles. The standard InChI is InChI=1S/C12H17NO3/c14-11(6-5-9-3-4-9)13-7-1-2-10(8-13)12(15)16/h5-6,9-10H,1-4,7-8H2,(H,15,16)/b6-5+/t10-/m0/s1. The average Bonchev–Trinajstić information content (AvgIpc) is 3.10. The number of hydrogen-bond donors (Lipinski definition) is 1. The number of piperidine rings is 1. The molecule has 0 aromatic heterocycles. The van der Waals surface area contributed by atoms with Crippen LogP contribution in [0.3, 0.4) is 0 Å². The van der Waals surface area contributed by atoms with Gasteiger partial charge in [0.1, 0.15) is 0 Å². The lowest BCUT2D eigenvalue weighted by Crippen LogP contribution is -2.41. The molecule has 2 aliphatic rings. The molecule has 2 fully saturated rings. The molecule has 0 aromatic rings. The van der Waals surface area contributed by atoms with Crippen LogP contribution in [0.2, 0.25) is 0 Å². The quantitative estimate of drug-likeness (QED) is 0.733.